The number of hydrogen-bond acceptors (Lipinski definition) is 1. The van der Waals surface area contributed by atoms with Crippen LogP contribution < -0.4 is 0 Å². The quantitative estimate of drug-likeness (QED) is 0.581. The minimum atomic E-state index is 0.899. The van der Waals surface area contributed by atoms with Crippen molar-refractivity contribution in [3.63, 3.8) is 0 Å². The van der Waals surface area contributed by atoms with Gasteiger partial charge in [-0.25, -0.2) is 0 Å². The van der Waals surface area contributed by atoms with Crippen LogP contribution in [0.25, 0.3) is 0 Å². The van der Waals surface area contributed by atoms with Gasteiger partial charge in [-0.2, -0.15) is 0 Å². The van der Waals surface area contributed by atoms with Crippen LogP contribution in [0.3, 0.4) is 0 Å². The average molecular weight is 167 g/mol. The molecule has 1 aliphatic heterocycles. The van der Waals surface area contributed by atoms with Crippen molar-refractivity contribution in [2.24, 2.45) is 11.8 Å². The monoisotopic (exact) mass is 167 g/mol. The lowest BCUT2D eigenvalue weighted by Crippen LogP contribution is -2.13. The van der Waals surface area contributed by atoms with Crippen LogP contribution in [0, 0.1) is 11.8 Å². The Hall–Kier alpha value is -0.0400. The highest BCUT2D eigenvalue weighted by Crippen LogP contribution is 2.46. The predicted octanol–water partition coefficient (Wildman–Crippen LogP) is 2.52. The van der Waals surface area contributed by atoms with Gasteiger partial charge in [-0.1, -0.05) is 20.3 Å². The summed E-state index contributed by atoms with van der Waals surface area (Å²) in [4.78, 5) is 2.70. The van der Waals surface area contributed by atoms with Gasteiger partial charge < -0.3 is 0 Å². The average Bonchev–Trinajstić information content (AvgIpc) is 2.90. The Morgan fingerprint density at radius 2 is 2.08 bits per heavy atom. The molecule has 1 heteroatoms. The van der Waals surface area contributed by atoms with Gasteiger partial charge in [0.05, 0.1) is 0 Å². The van der Waals surface area contributed by atoms with Gasteiger partial charge in [-0.3, -0.25) is 4.90 Å². The van der Waals surface area contributed by atoms with E-state index in [1.54, 1.807) is 0 Å². The van der Waals surface area contributed by atoms with Crippen molar-refractivity contribution in [1.29, 1.82) is 0 Å². The van der Waals surface area contributed by atoms with Gasteiger partial charge in [0.25, 0.3) is 0 Å². The first kappa shape index (κ1) is 8.55. The third-order valence-electron chi connectivity index (χ3n) is 3.64. The van der Waals surface area contributed by atoms with E-state index >= 15 is 0 Å². The molecular formula is C11H21N. The highest BCUT2D eigenvalue weighted by Gasteiger charge is 2.52. The minimum absolute atomic E-state index is 0.899. The van der Waals surface area contributed by atoms with Gasteiger partial charge in [0.2, 0.25) is 0 Å². The topological polar surface area (TPSA) is 3.01 Å². The Morgan fingerprint density at radius 1 is 1.42 bits per heavy atom. The van der Waals surface area contributed by atoms with E-state index in [4.69, 9.17) is 0 Å². The third kappa shape index (κ3) is 1.52. The van der Waals surface area contributed by atoms with E-state index in [1.165, 1.54) is 25.8 Å². The van der Waals surface area contributed by atoms with Gasteiger partial charge in [-0.05, 0) is 31.6 Å². The second-order valence-corrected chi connectivity index (χ2v) is 4.78. The molecule has 70 valence electrons. The van der Waals surface area contributed by atoms with Crippen LogP contribution in [0.5, 0.6) is 0 Å². The normalized spacial score (nSPS) is 42.8. The molecule has 2 fully saturated rings. The molecular weight excluding hydrogens is 146 g/mol. The summed E-state index contributed by atoms with van der Waals surface area (Å²) in [7, 11) is 0. The summed E-state index contributed by atoms with van der Waals surface area (Å²) in [5.41, 5.74) is 0. The Kier molecular flexibility index (Phi) is 2.16. The molecule has 0 spiro atoms. The molecule has 1 heterocycles. The molecule has 0 aromatic heterocycles. The van der Waals surface area contributed by atoms with E-state index in [-0.39, 0.29) is 0 Å². The highest BCUT2D eigenvalue weighted by atomic mass is 15.4. The second kappa shape index (κ2) is 3.02. The molecule has 0 radical (unpaired) electrons. The van der Waals surface area contributed by atoms with Crippen LogP contribution in [0.2, 0.25) is 0 Å². The number of nitrogens with zero attached hydrogens (tertiary/aromatic N) is 1. The molecule has 1 aliphatic carbocycles. The zero-order valence-corrected chi connectivity index (χ0v) is 8.59. The SMILES string of the molecule is CCC(C)CN1C(C)C1C1CC1. The maximum absolute atomic E-state index is 2.70. The molecule has 0 aromatic rings. The van der Waals surface area contributed by atoms with Gasteiger partial charge in [0.15, 0.2) is 0 Å². The molecule has 4 unspecified atom stereocenters. The first-order valence-electron chi connectivity index (χ1n) is 5.49. The lowest BCUT2D eigenvalue weighted by molar-refractivity contribution is 0.377. The maximum Gasteiger partial charge on any atom is 0.0280 e. The van der Waals surface area contributed by atoms with E-state index in [2.05, 4.69) is 25.7 Å². The number of rotatable bonds is 4. The zero-order valence-electron chi connectivity index (χ0n) is 8.59. The summed E-state index contributed by atoms with van der Waals surface area (Å²) in [6.07, 6.45) is 4.35. The maximum atomic E-state index is 2.70. The van der Waals surface area contributed by atoms with Gasteiger partial charge in [0, 0.05) is 18.6 Å². The molecule has 1 saturated carbocycles. The molecule has 0 amide bonds. The first-order valence-corrected chi connectivity index (χ1v) is 5.49. The fraction of sp³-hybridized carbons (Fsp3) is 1.00. The number of hydrogen-bond donors (Lipinski definition) is 0. The fourth-order valence-electron chi connectivity index (χ4n) is 2.31. The van der Waals surface area contributed by atoms with Crippen LogP contribution in [-0.4, -0.2) is 23.5 Å². The molecule has 4 atom stereocenters. The largest absolute Gasteiger partial charge is 0.294 e. The minimum Gasteiger partial charge on any atom is -0.294 e. The Morgan fingerprint density at radius 3 is 2.58 bits per heavy atom. The molecule has 2 rings (SSSR count). The lowest BCUT2D eigenvalue weighted by Gasteiger charge is -2.09. The fourth-order valence-corrected chi connectivity index (χ4v) is 2.31. The van der Waals surface area contributed by atoms with Crippen molar-refractivity contribution < 1.29 is 0 Å². The third-order valence-corrected chi connectivity index (χ3v) is 3.64. The summed E-state index contributed by atoms with van der Waals surface area (Å²) >= 11 is 0. The summed E-state index contributed by atoms with van der Waals surface area (Å²) < 4.78 is 0. The Balaban J connectivity index is 1.75. The van der Waals surface area contributed by atoms with Crippen molar-refractivity contribution >= 4 is 0 Å². The molecule has 0 aromatic carbocycles. The summed E-state index contributed by atoms with van der Waals surface area (Å²) in [6.45, 7) is 8.41. The van der Waals surface area contributed by atoms with E-state index in [0.29, 0.717) is 0 Å². The van der Waals surface area contributed by atoms with Crippen LogP contribution >= 0.6 is 0 Å². The summed E-state index contributed by atoms with van der Waals surface area (Å²) in [5.74, 6) is 1.99. The van der Waals surface area contributed by atoms with Gasteiger partial charge in [0.1, 0.15) is 0 Å². The molecule has 0 bridgehead atoms. The zero-order chi connectivity index (χ0) is 8.72. The van der Waals surface area contributed by atoms with Crippen molar-refractivity contribution in [3.05, 3.63) is 0 Å². The molecule has 12 heavy (non-hydrogen) atoms. The Labute approximate surface area is 76.1 Å². The van der Waals surface area contributed by atoms with E-state index < -0.39 is 0 Å². The standard InChI is InChI=1S/C11H21N/c1-4-8(2)7-12-9(3)11(12)10-5-6-10/h8-11H,4-7H2,1-3H3. The molecule has 2 aliphatic rings. The van der Waals surface area contributed by atoms with Crippen molar-refractivity contribution in [2.75, 3.05) is 6.54 Å². The van der Waals surface area contributed by atoms with Gasteiger partial charge in [-0.15, -0.1) is 0 Å². The molecule has 1 nitrogen and oxygen atoms in total. The summed E-state index contributed by atoms with van der Waals surface area (Å²) in [6, 6.07) is 1.89. The van der Waals surface area contributed by atoms with Crippen LogP contribution in [0.1, 0.15) is 40.0 Å². The highest BCUT2D eigenvalue weighted by molar-refractivity contribution is 5.07. The molecule has 0 N–H and O–H groups in total. The van der Waals surface area contributed by atoms with E-state index in [9.17, 15) is 0 Å². The lowest BCUT2D eigenvalue weighted by atomic mass is 10.1. The van der Waals surface area contributed by atoms with E-state index in [0.717, 1.165) is 23.9 Å². The summed E-state index contributed by atoms with van der Waals surface area (Å²) in [5, 5.41) is 0. The second-order valence-electron chi connectivity index (χ2n) is 4.78. The molecule has 1 saturated heterocycles. The van der Waals surface area contributed by atoms with Crippen LogP contribution in [0.4, 0.5) is 0 Å². The van der Waals surface area contributed by atoms with Crippen molar-refractivity contribution in [3.8, 4) is 0 Å². The van der Waals surface area contributed by atoms with E-state index in [1.807, 2.05) is 0 Å². The smallest absolute Gasteiger partial charge is 0.0280 e. The predicted molar refractivity (Wildman–Crippen MR) is 52.1 cm³/mol. The van der Waals surface area contributed by atoms with Crippen LogP contribution in [0.15, 0.2) is 0 Å². The van der Waals surface area contributed by atoms with Crippen LogP contribution in [-0.2, 0) is 0 Å². The Bertz CT molecular complexity index is 162. The van der Waals surface area contributed by atoms with Crippen molar-refractivity contribution in [2.45, 2.75) is 52.1 Å². The van der Waals surface area contributed by atoms with Gasteiger partial charge >= 0.3 is 0 Å². The first-order chi connectivity index (χ1) is 5.74. The van der Waals surface area contributed by atoms with Crippen molar-refractivity contribution in [1.82, 2.24) is 4.90 Å².